The average Bonchev–Trinajstić information content (AvgIpc) is 2.99. The molecule has 1 amide bonds. The highest BCUT2D eigenvalue weighted by Crippen LogP contribution is 2.27. The van der Waals surface area contributed by atoms with Crippen LogP contribution in [0.25, 0.3) is 0 Å². The Morgan fingerprint density at radius 1 is 1.39 bits per heavy atom. The van der Waals surface area contributed by atoms with Crippen LogP contribution in [0.1, 0.15) is 19.8 Å². The van der Waals surface area contributed by atoms with Gasteiger partial charge in [0, 0.05) is 17.1 Å². The van der Waals surface area contributed by atoms with Crippen molar-refractivity contribution in [3.8, 4) is 0 Å². The van der Waals surface area contributed by atoms with Crippen molar-refractivity contribution in [3.63, 3.8) is 0 Å². The second-order valence-electron chi connectivity index (χ2n) is 5.06. The zero-order chi connectivity index (χ0) is 17.0. The van der Waals surface area contributed by atoms with E-state index in [9.17, 15) is 22.0 Å². The highest BCUT2D eigenvalue weighted by molar-refractivity contribution is 7.99. The number of anilines is 1. The number of rotatable bonds is 6. The van der Waals surface area contributed by atoms with Gasteiger partial charge in [-0.1, -0.05) is 11.8 Å². The molecule has 1 N–H and O–H groups in total. The van der Waals surface area contributed by atoms with Crippen LogP contribution in [0.3, 0.4) is 0 Å². The second-order valence-corrected chi connectivity index (χ2v) is 8.34. The molecule has 1 heterocycles. The summed E-state index contributed by atoms with van der Waals surface area (Å²) in [5.74, 6) is -2.94. The van der Waals surface area contributed by atoms with E-state index < -0.39 is 27.7 Å². The average molecular weight is 364 g/mol. The summed E-state index contributed by atoms with van der Waals surface area (Å²) < 4.78 is 49.7. The number of carbonyl (C=O) groups is 1. The van der Waals surface area contributed by atoms with E-state index >= 15 is 0 Å². The maximum absolute atomic E-state index is 12.3. The van der Waals surface area contributed by atoms with Gasteiger partial charge in [-0.15, -0.1) is 0 Å². The largest absolute Gasteiger partial charge is 0.325 e. The third-order valence-corrected chi connectivity index (χ3v) is 6.18. The third kappa shape index (κ3) is 4.65. The Morgan fingerprint density at radius 2 is 2.04 bits per heavy atom. The molecule has 0 aliphatic carbocycles. The van der Waals surface area contributed by atoms with E-state index in [0.717, 1.165) is 0 Å². The summed E-state index contributed by atoms with van der Waals surface area (Å²) in [7, 11) is -3.42. The minimum absolute atomic E-state index is 0.0453. The van der Waals surface area contributed by atoms with Crippen LogP contribution in [0.4, 0.5) is 14.5 Å². The van der Waals surface area contributed by atoms with Gasteiger partial charge in [-0.25, -0.2) is 8.42 Å². The third-order valence-electron chi connectivity index (χ3n) is 3.58. The SMILES string of the molecule is CCS(=O)(=O)N1CCC[C@@H]1C(=O)Nc1ccc(SC(F)F)cc1. The molecule has 1 aromatic rings. The van der Waals surface area contributed by atoms with E-state index in [2.05, 4.69) is 5.32 Å². The van der Waals surface area contributed by atoms with Crippen LogP contribution >= 0.6 is 11.8 Å². The molecule has 1 aromatic carbocycles. The molecule has 1 atom stereocenters. The quantitative estimate of drug-likeness (QED) is 0.788. The number of nitrogens with zero attached hydrogens (tertiary/aromatic N) is 1. The molecular formula is C14H18F2N2O3S2. The Labute approximate surface area is 138 Å². The standard InChI is InChI=1S/C14H18F2N2O3S2/c1-2-23(20,21)18-9-3-4-12(18)13(19)17-10-5-7-11(8-6-10)22-14(15)16/h5-8,12,14H,2-4,9H2,1H3,(H,17,19)/t12-/m1/s1. The van der Waals surface area contributed by atoms with E-state index in [1.807, 2.05) is 0 Å². The Hall–Kier alpha value is -1.19. The Bertz CT molecular complexity index is 650. The minimum Gasteiger partial charge on any atom is -0.325 e. The summed E-state index contributed by atoms with van der Waals surface area (Å²) >= 11 is 0.424. The molecule has 128 valence electrons. The molecule has 0 spiro atoms. The lowest BCUT2D eigenvalue weighted by Crippen LogP contribution is -2.43. The molecule has 0 unspecified atom stereocenters. The Kier molecular flexibility index (Phi) is 5.99. The lowest BCUT2D eigenvalue weighted by molar-refractivity contribution is -0.119. The normalized spacial score (nSPS) is 19.2. The van der Waals surface area contributed by atoms with E-state index in [1.165, 1.54) is 28.6 Å². The first-order chi connectivity index (χ1) is 10.8. The van der Waals surface area contributed by atoms with Crippen molar-refractivity contribution in [2.24, 2.45) is 0 Å². The molecule has 1 fully saturated rings. The van der Waals surface area contributed by atoms with Crippen molar-refractivity contribution in [1.29, 1.82) is 0 Å². The lowest BCUT2D eigenvalue weighted by Gasteiger charge is -2.22. The van der Waals surface area contributed by atoms with E-state index in [1.54, 1.807) is 6.92 Å². The summed E-state index contributed by atoms with van der Waals surface area (Å²) in [6.45, 7) is 1.89. The number of sulfonamides is 1. The molecule has 1 aliphatic rings. The molecule has 9 heteroatoms. The zero-order valence-corrected chi connectivity index (χ0v) is 14.2. The predicted octanol–water partition coefficient (Wildman–Crippen LogP) is 2.75. The topological polar surface area (TPSA) is 66.5 Å². The molecule has 23 heavy (non-hydrogen) atoms. The summed E-state index contributed by atoms with van der Waals surface area (Å²) in [6.07, 6.45) is 1.12. The molecule has 1 aliphatic heterocycles. The van der Waals surface area contributed by atoms with Crippen LogP contribution < -0.4 is 5.32 Å². The van der Waals surface area contributed by atoms with Gasteiger partial charge < -0.3 is 5.32 Å². The van der Waals surface area contributed by atoms with E-state index in [0.29, 0.717) is 41.7 Å². The summed E-state index contributed by atoms with van der Waals surface area (Å²) in [5, 5.41) is 2.65. The number of amides is 1. The smallest absolute Gasteiger partial charge is 0.288 e. The van der Waals surface area contributed by atoms with E-state index in [4.69, 9.17) is 0 Å². The fourth-order valence-electron chi connectivity index (χ4n) is 2.45. The van der Waals surface area contributed by atoms with Crippen molar-refractivity contribution < 1.29 is 22.0 Å². The van der Waals surface area contributed by atoms with Gasteiger partial charge in [-0.3, -0.25) is 4.79 Å². The van der Waals surface area contributed by atoms with Crippen LogP contribution in [0.15, 0.2) is 29.2 Å². The Morgan fingerprint density at radius 3 is 2.61 bits per heavy atom. The van der Waals surface area contributed by atoms with Crippen molar-refractivity contribution in [1.82, 2.24) is 4.31 Å². The molecule has 0 saturated carbocycles. The van der Waals surface area contributed by atoms with Gasteiger partial charge in [-0.2, -0.15) is 13.1 Å². The molecule has 0 radical (unpaired) electrons. The van der Waals surface area contributed by atoms with Crippen LogP contribution in [-0.4, -0.2) is 42.7 Å². The van der Waals surface area contributed by atoms with Gasteiger partial charge in [0.1, 0.15) is 6.04 Å². The number of hydrogen-bond acceptors (Lipinski definition) is 4. The van der Waals surface area contributed by atoms with Gasteiger partial charge in [0.05, 0.1) is 5.75 Å². The van der Waals surface area contributed by atoms with Gasteiger partial charge in [-0.05, 0) is 44.0 Å². The fraction of sp³-hybridized carbons (Fsp3) is 0.500. The molecule has 0 aromatic heterocycles. The number of carbonyl (C=O) groups excluding carboxylic acids is 1. The highest BCUT2D eigenvalue weighted by atomic mass is 32.2. The summed E-state index contributed by atoms with van der Waals surface area (Å²) in [5.41, 5.74) is 0.453. The molecule has 2 rings (SSSR count). The molecule has 0 bridgehead atoms. The molecule has 1 saturated heterocycles. The van der Waals surface area contributed by atoms with Gasteiger partial charge >= 0.3 is 0 Å². The molecule has 5 nitrogen and oxygen atoms in total. The number of hydrogen-bond donors (Lipinski definition) is 1. The van der Waals surface area contributed by atoms with Gasteiger partial charge in [0.25, 0.3) is 5.76 Å². The second kappa shape index (κ2) is 7.59. The van der Waals surface area contributed by atoms with Crippen molar-refractivity contribution >= 4 is 33.4 Å². The lowest BCUT2D eigenvalue weighted by atomic mass is 10.2. The first-order valence-corrected chi connectivity index (χ1v) is 9.67. The Balaban J connectivity index is 2.04. The predicted molar refractivity (Wildman–Crippen MR) is 86.1 cm³/mol. The van der Waals surface area contributed by atoms with Crippen LogP contribution in [0.2, 0.25) is 0 Å². The van der Waals surface area contributed by atoms with Crippen molar-refractivity contribution in [2.75, 3.05) is 17.6 Å². The monoisotopic (exact) mass is 364 g/mol. The maximum atomic E-state index is 12.3. The van der Waals surface area contributed by atoms with Crippen molar-refractivity contribution in [3.05, 3.63) is 24.3 Å². The zero-order valence-electron chi connectivity index (χ0n) is 12.5. The number of nitrogens with one attached hydrogen (secondary N) is 1. The number of alkyl halides is 2. The summed E-state index contributed by atoms with van der Waals surface area (Å²) in [4.78, 5) is 12.7. The first kappa shape index (κ1) is 18.2. The number of benzene rings is 1. The van der Waals surface area contributed by atoms with Crippen LogP contribution in [0.5, 0.6) is 0 Å². The summed E-state index contributed by atoms with van der Waals surface area (Å²) in [6, 6.07) is 5.31. The highest BCUT2D eigenvalue weighted by Gasteiger charge is 2.37. The fourth-order valence-corrected chi connectivity index (χ4v) is 4.27. The molecular weight excluding hydrogens is 346 g/mol. The number of halogens is 2. The van der Waals surface area contributed by atoms with E-state index in [-0.39, 0.29) is 5.75 Å². The first-order valence-electron chi connectivity index (χ1n) is 7.18. The van der Waals surface area contributed by atoms with Gasteiger partial charge in [0.15, 0.2) is 0 Å². The van der Waals surface area contributed by atoms with Crippen LogP contribution in [0, 0.1) is 0 Å². The maximum Gasteiger partial charge on any atom is 0.288 e. The van der Waals surface area contributed by atoms with Gasteiger partial charge in [0.2, 0.25) is 15.9 Å². The minimum atomic E-state index is -3.42. The van der Waals surface area contributed by atoms with Crippen molar-refractivity contribution in [2.45, 2.75) is 36.5 Å². The van der Waals surface area contributed by atoms with Crippen LogP contribution in [-0.2, 0) is 14.8 Å². The number of thioether (sulfide) groups is 1.